The lowest BCUT2D eigenvalue weighted by Gasteiger charge is -2.20. The maximum Gasteiger partial charge on any atom is 0.244 e. The summed E-state index contributed by atoms with van der Waals surface area (Å²) in [5.41, 5.74) is 5.32. The van der Waals surface area contributed by atoms with E-state index in [2.05, 4.69) is 16.4 Å². The molecule has 1 aromatic heterocycles. The zero-order valence-corrected chi connectivity index (χ0v) is 18.4. The van der Waals surface area contributed by atoms with Crippen LogP contribution < -0.4 is 15.0 Å². The van der Waals surface area contributed by atoms with Gasteiger partial charge in [0.1, 0.15) is 18.0 Å². The van der Waals surface area contributed by atoms with Crippen molar-refractivity contribution in [1.29, 1.82) is 0 Å². The Balaban J connectivity index is 1.39. The van der Waals surface area contributed by atoms with Crippen LogP contribution in [0, 0.1) is 0 Å². The molecule has 1 aliphatic heterocycles. The van der Waals surface area contributed by atoms with Crippen LogP contribution in [-0.2, 0) is 22.4 Å². The number of aromatic nitrogens is 1. The highest BCUT2D eigenvalue weighted by Gasteiger charge is 2.28. The second-order valence-corrected chi connectivity index (χ2v) is 8.18. The zero-order valence-electron chi connectivity index (χ0n) is 18.4. The van der Waals surface area contributed by atoms with Gasteiger partial charge in [0.25, 0.3) is 0 Å². The molecule has 7 nitrogen and oxygen atoms in total. The van der Waals surface area contributed by atoms with Crippen LogP contribution >= 0.6 is 0 Å². The lowest BCUT2D eigenvalue weighted by molar-refractivity contribution is -0.120. The summed E-state index contributed by atoms with van der Waals surface area (Å²) >= 11 is 0. The number of pyridine rings is 1. The minimum atomic E-state index is -0.275. The molecule has 33 heavy (non-hydrogen) atoms. The van der Waals surface area contributed by atoms with Gasteiger partial charge in [-0.3, -0.25) is 14.5 Å². The third kappa shape index (κ3) is 4.35. The molecule has 2 amide bonds. The SMILES string of the molecule is COc1cccc(C2=Nc3cccnc3N(CC(=O)Nc3ccc4c(c3)CCC4)C(=O)C2)c1. The fourth-order valence-electron chi connectivity index (χ4n) is 4.35. The molecule has 3 aromatic rings. The van der Waals surface area contributed by atoms with Gasteiger partial charge in [0.15, 0.2) is 5.82 Å². The molecule has 2 aliphatic rings. The number of carbonyl (C=O) groups excluding carboxylic acids is 2. The van der Waals surface area contributed by atoms with E-state index < -0.39 is 0 Å². The molecule has 0 radical (unpaired) electrons. The molecular weight excluding hydrogens is 416 g/mol. The van der Waals surface area contributed by atoms with Crippen molar-refractivity contribution in [2.75, 3.05) is 23.9 Å². The lowest BCUT2D eigenvalue weighted by Crippen LogP contribution is -2.39. The van der Waals surface area contributed by atoms with Gasteiger partial charge in [-0.25, -0.2) is 9.98 Å². The van der Waals surface area contributed by atoms with Crippen LogP contribution in [0.2, 0.25) is 0 Å². The van der Waals surface area contributed by atoms with Gasteiger partial charge >= 0.3 is 0 Å². The lowest BCUT2D eigenvalue weighted by atomic mass is 10.1. The Labute approximate surface area is 192 Å². The fraction of sp³-hybridized carbons (Fsp3) is 0.231. The smallest absolute Gasteiger partial charge is 0.244 e. The number of hydrogen-bond acceptors (Lipinski definition) is 5. The van der Waals surface area contributed by atoms with E-state index in [1.165, 1.54) is 16.0 Å². The topological polar surface area (TPSA) is 83.9 Å². The number of nitrogens with one attached hydrogen (secondary N) is 1. The third-order valence-electron chi connectivity index (χ3n) is 5.98. The number of anilines is 2. The van der Waals surface area contributed by atoms with E-state index in [0.29, 0.717) is 23.0 Å². The van der Waals surface area contributed by atoms with Crippen LogP contribution in [0.3, 0.4) is 0 Å². The highest BCUT2D eigenvalue weighted by atomic mass is 16.5. The van der Waals surface area contributed by atoms with E-state index >= 15 is 0 Å². The van der Waals surface area contributed by atoms with Crippen LogP contribution in [-0.4, -0.2) is 36.2 Å². The maximum absolute atomic E-state index is 13.3. The Morgan fingerprint density at radius 1 is 1.09 bits per heavy atom. The number of methoxy groups -OCH3 is 1. The number of rotatable bonds is 5. The van der Waals surface area contributed by atoms with Crippen molar-refractivity contribution in [3.8, 4) is 5.75 Å². The maximum atomic E-state index is 13.3. The van der Waals surface area contributed by atoms with Gasteiger partial charge in [-0.15, -0.1) is 0 Å². The Morgan fingerprint density at radius 3 is 2.85 bits per heavy atom. The van der Waals surface area contributed by atoms with Crippen molar-refractivity contribution in [2.24, 2.45) is 4.99 Å². The standard InChI is InChI=1S/C26H24N4O3/c1-33-21-8-3-7-19(14-21)23-15-25(32)30(26-22(29-23)9-4-12-27-26)16-24(31)28-20-11-10-17-5-2-6-18(17)13-20/h3-4,7-14H,2,5-6,15-16H2,1H3,(H,28,31). The van der Waals surface area contributed by atoms with Gasteiger partial charge in [-0.1, -0.05) is 18.2 Å². The molecule has 0 saturated carbocycles. The Bertz CT molecular complexity index is 1270. The van der Waals surface area contributed by atoms with E-state index in [1.54, 1.807) is 25.4 Å². The molecule has 2 aromatic carbocycles. The number of benzene rings is 2. The average Bonchev–Trinajstić information content (AvgIpc) is 3.25. The molecule has 0 bridgehead atoms. The Morgan fingerprint density at radius 2 is 1.97 bits per heavy atom. The van der Waals surface area contributed by atoms with E-state index in [-0.39, 0.29) is 24.8 Å². The molecule has 2 heterocycles. The predicted molar refractivity (Wildman–Crippen MR) is 127 cm³/mol. The number of aryl methyl sites for hydroxylation is 2. The van der Waals surface area contributed by atoms with E-state index in [1.807, 2.05) is 36.4 Å². The summed E-state index contributed by atoms with van der Waals surface area (Å²) in [6.07, 6.45) is 4.92. The van der Waals surface area contributed by atoms with E-state index in [4.69, 9.17) is 9.73 Å². The monoisotopic (exact) mass is 440 g/mol. The number of hydrogen-bond donors (Lipinski definition) is 1. The van der Waals surface area contributed by atoms with Crippen LogP contribution in [0.15, 0.2) is 65.8 Å². The molecule has 7 heteroatoms. The Kier molecular flexibility index (Phi) is 5.60. The van der Waals surface area contributed by atoms with Crippen molar-refractivity contribution < 1.29 is 14.3 Å². The average molecular weight is 441 g/mol. The van der Waals surface area contributed by atoms with Crippen molar-refractivity contribution in [3.63, 3.8) is 0 Å². The van der Waals surface area contributed by atoms with Gasteiger partial charge in [0.2, 0.25) is 11.8 Å². The molecule has 1 aliphatic carbocycles. The summed E-state index contributed by atoms with van der Waals surface area (Å²) in [5.74, 6) is 0.550. The molecule has 0 atom stereocenters. The van der Waals surface area contributed by atoms with Gasteiger partial charge in [0.05, 0.1) is 19.2 Å². The molecule has 5 rings (SSSR count). The summed E-state index contributed by atoms with van der Waals surface area (Å²) < 4.78 is 5.32. The van der Waals surface area contributed by atoms with Crippen LogP contribution in [0.4, 0.5) is 17.2 Å². The number of nitrogens with zero attached hydrogens (tertiary/aromatic N) is 3. The van der Waals surface area contributed by atoms with Crippen molar-refractivity contribution in [2.45, 2.75) is 25.7 Å². The number of ether oxygens (including phenoxy) is 1. The zero-order chi connectivity index (χ0) is 22.8. The molecule has 0 saturated heterocycles. The van der Waals surface area contributed by atoms with E-state index in [9.17, 15) is 9.59 Å². The summed E-state index contributed by atoms with van der Waals surface area (Å²) in [7, 11) is 1.60. The molecule has 166 valence electrons. The van der Waals surface area contributed by atoms with Crippen LogP contribution in [0.5, 0.6) is 5.75 Å². The largest absolute Gasteiger partial charge is 0.497 e. The number of amides is 2. The minimum absolute atomic E-state index is 0.0512. The summed E-state index contributed by atoms with van der Waals surface area (Å²) in [4.78, 5) is 36.7. The van der Waals surface area contributed by atoms with Gasteiger partial charge < -0.3 is 10.1 Å². The number of carbonyl (C=O) groups is 2. The quantitative estimate of drug-likeness (QED) is 0.648. The molecule has 1 N–H and O–H groups in total. The van der Waals surface area contributed by atoms with E-state index in [0.717, 1.165) is 30.5 Å². The van der Waals surface area contributed by atoms with Crippen molar-refractivity contribution in [3.05, 3.63) is 77.5 Å². The summed E-state index contributed by atoms with van der Waals surface area (Å²) in [5, 5.41) is 2.93. The highest BCUT2D eigenvalue weighted by molar-refractivity contribution is 6.18. The van der Waals surface area contributed by atoms with Gasteiger partial charge in [0, 0.05) is 17.4 Å². The number of aliphatic imine (C=N–C) groups is 1. The van der Waals surface area contributed by atoms with Crippen molar-refractivity contribution >= 4 is 34.7 Å². The van der Waals surface area contributed by atoms with Gasteiger partial charge in [-0.2, -0.15) is 0 Å². The first-order valence-electron chi connectivity index (χ1n) is 11.0. The highest BCUT2D eigenvalue weighted by Crippen LogP contribution is 2.31. The van der Waals surface area contributed by atoms with Crippen molar-refractivity contribution in [1.82, 2.24) is 4.98 Å². The minimum Gasteiger partial charge on any atom is -0.497 e. The third-order valence-corrected chi connectivity index (χ3v) is 5.98. The molecule has 0 spiro atoms. The first kappa shape index (κ1) is 20.9. The number of fused-ring (bicyclic) bond motifs is 2. The second kappa shape index (κ2) is 8.86. The normalized spacial score (nSPS) is 14.8. The van der Waals surface area contributed by atoms with Crippen LogP contribution in [0.1, 0.15) is 29.5 Å². The van der Waals surface area contributed by atoms with Crippen LogP contribution in [0.25, 0.3) is 0 Å². The van der Waals surface area contributed by atoms with Gasteiger partial charge in [-0.05, 0) is 66.8 Å². The fourth-order valence-corrected chi connectivity index (χ4v) is 4.35. The second-order valence-electron chi connectivity index (χ2n) is 8.18. The summed E-state index contributed by atoms with van der Waals surface area (Å²) in [6.45, 7) is -0.138. The Hall–Kier alpha value is -4.00. The molecule has 0 unspecified atom stereocenters. The first-order chi connectivity index (χ1) is 16.1. The predicted octanol–water partition coefficient (Wildman–Crippen LogP) is 4.08. The molecular formula is C26H24N4O3. The summed E-state index contributed by atoms with van der Waals surface area (Å²) in [6, 6.07) is 17.0. The molecule has 0 fully saturated rings. The first-order valence-corrected chi connectivity index (χ1v) is 11.0.